The van der Waals surface area contributed by atoms with E-state index in [1.807, 2.05) is 24.3 Å². The number of ether oxygens (including phenoxy) is 1. The predicted molar refractivity (Wildman–Crippen MR) is 71.4 cm³/mol. The summed E-state index contributed by atoms with van der Waals surface area (Å²) < 4.78 is 5.12. The number of para-hydroxylation sites is 1. The second kappa shape index (κ2) is 5.84. The highest BCUT2D eigenvalue weighted by Crippen LogP contribution is 2.23. The fraction of sp³-hybridized carbons (Fsp3) is 0.462. The summed E-state index contributed by atoms with van der Waals surface area (Å²) in [5.74, 6) is 0.385. The van der Waals surface area contributed by atoms with Crippen LogP contribution in [0.5, 0.6) is 0 Å². The molecule has 18 heavy (non-hydrogen) atoms. The van der Waals surface area contributed by atoms with Crippen LogP contribution in [0.25, 0.3) is 0 Å². The van der Waals surface area contributed by atoms with Crippen molar-refractivity contribution in [1.82, 2.24) is 0 Å². The fourth-order valence-electron chi connectivity index (χ4n) is 1.96. The summed E-state index contributed by atoms with van der Waals surface area (Å²) in [5, 5.41) is 12.3. The Morgan fingerprint density at radius 2 is 2.22 bits per heavy atom. The lowest BCUT2D eigenvalue weighted by molar-refractivity contribution is 0.0778. The Balaban J connectivity index is 2.00. The summed E-state index contributed by atoms with van der Waals surface area (Å²) >= 11 is 0. The number of nitrogens with zero attached hydrogens (tertiary/aromatic N) is 1. The van der Waals surface area contributed by atoms with Crippen molar-refractivity contribution in [2.24, 2.45) is 10.7 Å². The van der Waals surface area contributed by atoms with Gasteiger partial charge in [-0.05, 0) is 18.9 Å². The van der Waals surface area contributed by atoms with Crippen LogP contribution < -0.4 is 11.1 Å². The van der Waals surface area contributed by atoms with Crippen molar-refractivity contribution in [3.05, 3.63) is 29.8 Å². The highest BCUT2D eigenvalue weighted by atomic mass is 16.5. The molecule has 1 aromatic rings. The molecule has 5 heteroatoms. The summed E-state index contributed by atoms with van der Waals surface area (Å²) in [6, 6.07) is 7.94. The summed E-state index contributed by atoms with van der Waals surface area (Å²) in [6.07, 6.45) is 1.18. The van der Waals surface area contributed by atoms with Crippen LogP contribution in [0, 0.1) is 0 Å². The summed E-state index contributed by atoms with van der Waals surface area (Å²) in [5.41, 5.74) is 7.78. The topological polar surface area (TPSA) is 79.9 Å². The normalized spacial score (nSPS) is 23.6. The molecule has 0 aromatic heterocycles. The Morgan fingerprint density at radius 3 is 2.89 bits per heavy atom. The van der Waals surface area contributed by atoms with Crippen LogP contribution in [0.2, 0.25) is 0 Å². The van der Waals surface area contributed by atoms with Gasteiger partial charge in [0.2, 0.25) is 0 Å². The maximum Gasteiger partial charge on any atom is 0.193 e. The van der Waals surface area contributed by atoms with Gasteiger partial charge in [-0.1, -0.05) is 18.2 Å². The minimum atomic E-state index is -0.215. The van der Waals surface area contributed by atoms with E-state index in [9.17, 15) is 5.11 Å². The molecule has 1 aliphatic carbocycles. The Bertz CT molecular complexity index is 428. The van der Waals surface area contributed by atoms with Crippen molar-refractivity contribution in [3.63, 3.8) is 0 Å². The fourth-order valence-corrected chi connectivity index (χ4v) is 1.96. The molecule has 4 N–H and O–H groups in total. The third-order valence-electron chi connectivity index (χ3n) is 2.99. The smallest absolute Gasteiger partial charge is 0.193 e. The molecule has 1 fully saturated rings. The number of guanidine groups is 1. The van der Waals surface area contributed by atoms with E-state index < -0.39 is 0 Å². The predicted octanol–water partition coefficient (Wildman–Crippen LogP) is 1.08. The first-order chi connectivity index (χ1) is 8.69. The van der Waals surface area contributed by atoms with Gasteiger partial charge in [0, 0.05) is 18.4 Å². The number of anilines is 1. The molecule has 98 valence electrons. The van der Waals surface area contributed by atoms with Crippen molar-refractivity contribution < 1.29 is 9.84 Å². The number of aliphatic hydroxyl groups excluding tert-OH is 1. The molecule has 0 radical (unpaired) electrons. The SMILES string of the molecule is COCc1ccccc1NC(N)=NC1CC(O)C1. The minimum absolute atomic E-state index is 0.141. The zero-order chi connectivity index (χ0) is 13.0. The molecule has 0 aliphatic heterocycles. The van der Waals surface area contributed by atoms with E-state index in [1.54, 1.807) is 7.11 Å². The molecule has 0 atom stereocenters. The van der Waals surface area contributed by atoms with Gasteiger partial charge in [0.05, 0.1) is 18.8 Å². The number of aliphatic imine (C=N–C) groups is 1. The van der Waals surface area contributed by atoms with Crippen molar-refractivity contribution in [2.75, 3.05) is 12.4 Å². The van der Waals surface area contributed by atoms with Gasteiger partial charge in [-0.2, -0.15) is 0 Å². The number of nitrogens with two attached hydrogens (primary N) is 1. The molecule has 0 bridgehead atoms. The van der Waals surface area contributed by atoms with Crippen molar-refractivity contribution in [3.8, 4) is 0 Å². The molecule has 1 saturated carbocycles. The maximum atomic E-state index is 9.19. The van der Waals surface area contributed by atoms with Crippen LogP contribution in [0.3, 0.4) is 0 Å². The second-order valence-corrected chi connectivity index (χ2v) is 4.51. The standard InChI is InChI=1S/C13H19N3O2/c1-18-8-9-4-2-3-5-12(9)16-13(14)15-10-6-11(17)7-10/h2-5,10-11,17H,6-8H2,1H3,(H3,14,15,16). The third-order valence-corrected chi connectivity index (χ3v) is 2.99. The van der Waals surface area contributed by atoms with Gasteiger partial charge >= 0.3 is 0 Å². The van der Waals surface area contributed by atoms with Gasteiger partial charge in [-0.25, -0.2) is 4.99 Å². The zero-order valence-corrected chi connectivity index (χ0v) is 10.5. The molecule has 0 unspecified atom stereocenters. The summed E-state index contributed by atoms with van der Waals surface area (Å²) in [6.45, 7) is 0.526. The molecule has 0 heterocycles. The molecule has 0 spiro atoms. The van der Waals surface area contributed by atoms with Crippen molar-refractivity contribution in [2.45, 2.75) is 31.6 Å². The first-order valence-corrected chi connectivity index (χ1v) is 6.04. The van der Waals surface area contributed by atoms with E-state index in [-0.39, 0.29) is 12.1 Å². The summed E-state index contributed by atoms with van der Waals surface area (Å²) in [7, 11) is 1.66. The van der Waals surface area contributed by atoms with Gasteiger partial charge < -0.3 is 20.9 Å². The van der Waals surface area contributed by atoms with E-state index in [4.69, 9.17) is 10.5 Å². The van der Waals surface area contributed by atoms with Gasteiger partial charge in [0.25, 0.3) is 0 Å². The van der Waals surface area contributed by atoms with E-state index in [0.717, 1.165) is 11.3 Å². The van der Waals surface area contributed by atoms with Gasteiger partial charge in [0.15, 0.2) is 5.96 Å². The molecule has 1 aliphatic rings. The summed E-state index contributed by atoms with van der Waals surface area (Å²) in [4.78, 5) is 4.31. The van der Waals surface area contributed by atoms with Gasteiger partial charge in [-0.3, -0.25) is 0 Å². The molecular weight excluding hydrogens is 230 g/mol. The van der Waals surface area contributed by atoms with Crippen molar-refractivity contribution in [1.29, 1.82) is 0 Å². The minimum Gasteiger partial charge on any atom is -0.393 e. The zero-order valence-electron chi connectivity index (χ0n) is 10.5. The number of rotatable bonds is 4. The Hall–Kier alpha value is -1.59. The van der Waals surface area contributed by atoms with Crippen LogP contribution in [0.15, 0.2) is 29.3 Å². The first-order valence-electron chi connectivity index (χ1n) is 6.04. The van der Waals surface area contributed by atoms with E-state index in [2.05, 4.69) is 10.3 Å². The van der Waals surface area contributed by atoms with E-state index >= 15 is 0 Å². The second-order valence-electron chi connectivity index (χ2n) is 4.51. The monoisotopic (exact) mass is 249 g/mol. The number of hydrogen-bond acceptors (Lipinski definition) is 3. The molecular formula is C13H19N3O2. The number of methoxy groups -OCH3 is 1. The van der Waals surface area contributed by atoms with Crippen LogP contribution in [0.1, 0.15) is 18.4 Å². The highest BCUT2D eigenvalue weighted by molar-refractivity contribution is 5.93. The van der Waals surface area contributed by atoms with E-state index in [1.165, 1.54) is 0 Å². The Labute approximate surface area is 107 Å². The average molecular weight is 249 g/mol. The number of benzene rings is 1. The lowest BCUT2D eigenvalue weighted by Gasteiger charge is -2.28. The Kier molecular flexibility index (Phi) is 4.17. The quantitative estimate of drug-likeness (QED) is 0.551. The van der Waals surface area contributed by atoms with Crippen molar-refractivity contribution >= 4 is 11.6 Å². The average Bonchev–Trinajstić information content (AvgIpc) is 2.30. The van der Waals surface area contributed by atoms with Crippen LogP contribution in [0.4, 0.5) is 5.69 Å². The molecule has 0 amide bonds. The molecule has 1 aromatic carbocycles. The lowest BCUT2D eigenvalue weighted by Crippen LogP contribution is -2.35. The number of nitrogens with one attached hydrogen (secondary N) is 1. The van der Waals surface area contributed by atoms with Gasteiger partial charge in [-0.15, -0.1) is 0 Å². The van der Waals surface area contributed by atoms with Crippen LogP contribution >= 0.6 is 0 Å². The van der Waals surface area contributed by atoms with Gasteiger partial charge in [0.1, 0.15) is 0 Å². The first kappa shape index (κ1) is 12.9. The Morgan fingerprint density at radius 1 is 1.50 bits per heavy atom. The molecule has 0 saturated heterocycles. The number of hydrogen-bond donors (Lipinski definition) is 3. The molecule has 5 nitrogen and oxygen atoms in total. The van der Waals surface area contributed by atoms with E-state index in [0.29, 0.717) is 25.4 Å². The largest absolute Gasteiger partial charge is 0.393 e. The van der Waals surface area contributed by atoms with Crippen LogP contribution in [-0.4, -0.2) is 30.3 Å². The number of aliphatic hydroxyl groups is 1. The highest BCUT2D eigenvalue weighted by Gasteiger charge is 2.26. The molecule has 2 rings (SSSR count). The maximum absolute atomic E-state index is 9.19. The third kappa shape index (κ3) is 3.21. The van der Waals surface area contributed by atoms with Crippen LogP contribution in [-0.2, 0) is 11.3 Å². The lowest BCUT2D eigenvalue weighted by atomic mass is 9.90.